The molecule has 4 rings (SSSR count). The fourth-order valence-electron chi connectivity index (χ4n) is 3.61. The number of fused-ring (bicyclic) bond motifs is 1. The number of thiazole rings is 1. The number of nitrogens with zero attached hydrogens (tertiary/aromatic N) is 3. The number of carbonyl (C=O) groups is 2. The normalized spacial score (nSPS) is 19.6. The van der Waals surface area contributed by atoms with Crippen LogP contribution in [0.5, 0.6) is 0 Å². The van der Waals surface area contributed by atoms with Gasteiger partial charge in [-0.15, -0.1) is 11.3 Å². The molecule has 3 heterocycles. The minimum atomic E-state index is -0.438. The van der Waals surface area contributed by atoms with Gasteiger partial charge in [0.1, 0.15) is 0 Å². The minimum Gasteiger partial charge on any atom is -0.350 e. The van der Waals surface area contributed by atoms with E-state index in [-0.39, 0.29) is 18.2 Å². The third-order valence-electron chi connectivity index (χ3n) is 5.10. The Hall–Kier alpha value is -2.41. The summed E-state index contributed by atoms with van der Waals surface area (Å²) in [6.07, 6.45) is 2.64. The first kappa shape index (κ1) is 17.0. The van der Waals surface area contributed by atoms with Gasteiger partial charge in [-0.25, -0.2) is 4.98 Å². The van der Waals surface area contributed by atoms with Crippen molar-refractivity contribution in [3.8, 4) is 0 Å². The van der Waals surface area contributed by atoms with Crippen LogP contribution in [0.3, 0.4) is 0 Å². The number of aromatic nitrogens is 1. The van der Waals surface area contributed by atoms with Gasteiger partial charge >= 0.3 is 0 Å². The van der Waals surface area contributed by atoms with Gasteiger partial charge in [0.15, 0.2) is 5.13 Å². The summed E-state index contributed by atoms with van der Waals surface area (Å²) in [6, 6.07) is 7.61. The van der Waals surface area contributed by atoms with Gasteiger partial charge in [0.25, 0.3) is 0 Å². The summed E-state index contributed by atoms with van der Waals surface area (Å²) in [5.74, 6) is -0.588. The molecule has 7 heteroatoms. The molecule has 0 aliphatic carbocycles. The topological polar surface area (TPSA) is 65.5 Å². The number of rotatable bonds is 4. The molecule has 1 aromatic heterocycles. The molecule has 0 bridgehead atoms. The third kappa shape index (κ3) is 3.19. The molecule has 0 radical (unpaired) electrons. The van der Waals surface area contributed by atoms with Crippen LogP contribution in [0.1, 0.15) is 36.4 Å². The quantitative estimate of drug-likeness (QED) is 0.898. The highest BCUT2D eigenvalue weighted by molar-refractivity contribution is 7.13. The molecule has 136 valence electrons. The fourth-order valence-corrected chi connectivity index (χ4v) is 4.49. The van der Waals surface area contributed by atoms with Crippen molar-refractivity contribution < 1.29 is 9.59 Å². The lowest BCUT2D eigenvalue weighted by atomic mass is 9.89. The standard InChI is InChI=1S/C19H22N4O2S/c1-22-16-7-3-2-6-14(16)15(10-17(22)24)18(25)20-11-13-12-26-19(21-13)23-8-4-5-9-23/h2-3,6-7,12,15H,4-5,8-11H2,1H3,(H,20,25)/t15-/m0/s1. The lowest BCUT2D eigenvalue weighted by molar-refractivity contribution is -0.127. The molecule has 1 aromatic carbocycles. The number of anilines is 2. The van der Waals surface area contributed by atoms with Crippen molar-refractivity contribution in [2.45, 2.75) is 31.7 Å². The lowest BCUT2D eigenvalue weighted by Gasteiger charge is -2.30. The number of para-hydroxylation sites is 1. The van der Waals surface area contributed by atoms with Crippen LogP contribution in [0.25, 0.3) is 0 Å². The number of nitrogens with one attached hydrogen (secondary N) is 1. The Morgan fingerprint density at radius 1 is 1.31 bits per heavy atom. The first-order valence-corrected chi connectivity index (χ1v) is 9.84. The smallest absolute Gasteiger partial charge is 0.228 e. The van der Waals surface area contributed by atoms with Crippen LogP contribution in [-0.2, 0) is 16.1 Å². The molecule has 0 unspecified atom stereocenters. The average Bonchev–Trinajstić information content (AvgIpc) is 3.34. The van der Waals surface area contributed by atoms with E-state index in [1.165, 1.54) is 12.8 Å². The van der Waals surface area contributed by atoms with E-state index in [4.69, 9.17) is 0 Å². The Bertz CT molecular complexity index is 828. The number of hydrogen-bond donors (Lipinski definition) is 1. The van der Waals surface area contributed by atoms with Crippen molar-refractivity contribution >= 4 is 34.0 Å². The fraction of sp³-hybridized carbons (Fsp3) is 0.421. The van der Waals surface area contributed by atoms with Gasteiger partial charge in [0.05, 0.1) is 18.2 Å². The highest BCUT2D eigenvalue weighted by Gasteiger charge is 2.33. The van der Waals surface area contributed by atoms with E-state index in [1.54, 1.807) is 23.3 Å². The van der Waals surface area contributed by atoms with Crippen LogP contribution in [0, 0.1) is 0 Å². The highest BCUT2D eigenvalue weighted by Crippen LogP contribution is 2.35. The molecule has 1 saturated heterocycles. The molecular weight excluding hydrogens is 348 g/mol. The second kappa shape index (κ2) is 7.07. The summed E-state index contributed by atoms with van der Waals surface area (Å²) >= 11 is 1.63. The summed E-state index contributed by atoms with van der Waals surface area (Å²) in [5.41, 5.74) is 2.59. The van der Waals surface area contributed by atoms with Crippen molar-refractivity contribution in [2.24, 2.45) is 0 Å². The summed E-state index contributed by atoms with van der Waals surface area (Å²) in [4.78, 5) is 33.5. The molecule has 1 N–H and O–H groups in total. The first-order valence-electron chi connectivity index (χ1n) is 8.96. The van der Waals surface area contributed by atoms with E-state index >= 15 is 0 Å². The predicted molar refractivity (Wildman–Crippen MR) is 103 cm³/mol. The molecule has 2 aromatic rings. The summed E-state index contributed by atoms with van der Waals surface area (Å²) in [5, 5.41) is 6.00. The van der Waals surface area contributed by atoms with E-state index in [2.05, 4.69) is 15.2 Å². The van der Waals surface area contributed by atoms with E-state index < -0.39 is 5.92 Å². The SMILES string of the molecule is CN1C(=O)C[C@H](C(=O)NCc2csc(N3CCCC3)n2)c2ccccc21. The van der Waals surface area contributed by atoms with E-state index in [1.807, 2.05) is 29.6 Å². The zero-order chi connectivity index (χ0) is 18.1. The molecule has 1 fully saturated rings. The van der Waals surface area contributed by atoms with Crippen molar-refractivity contribution in [1.29, 1.82) is 0 Å². The largest absolute Gasteiger partial charge is 0.350 e. The van der Waals surface area contributed by atoms with Gasteiger partial charge in [0.2, 0.25) is 11.8 Å². The van der Waals surface area contributed by atoms with Gasteiger partial charge in [-0.3, -0.25) is 9.59 Å². The number of carbonyl (C=O) groups excluding carboxylic acids is 2. The molecule has 26 heavy (non-hydrogen) atoms. The molecule has 2 amide bonds. The molecule has 0 saturated carbocycles. The van der Waals surface area contributed by atoms with E-state index in [9.17, 15) is 9.59 Å². The maximum absolute atomic E-state index is 12.7. The maximum atomic E-state index is 12.7. The summed E-state index contributed by atoms with van der Waals surface area (Å²) in [7, 11) is 1.75. The van der Waals surface area contributed by atoms with Crippen LogP contribution in [0.4, 0.5) is 10.8 Å². The maximum Gasteiger partial charge on any atom is 0.228 e. The number of hydrogen-bond acceptors (Lipinski definition) is 5. The van der Waals surface area contributed by atoms with Crippen LogP contribution < -0.4 is 15.1 Å². The van der Waals surface area contributed by atoms with Gasteiger partial charge < -0.3 is 15.1 Å². The third-order valence-corrected chi connectivity index (χ3v) is 6.05. The van der Waals surface area contributed by atoms with Crippen LogP contribution in [0.15, 0.2) is 29.6 Å². The molecule has 2 aliphatic heterocycles. The van der Waals surface area contributed by atoms with Gasteiger partial charge in [0, 0.05) is 37.6 Å². The molecule has 6 nitrogen and oxygen atoms in total. The van der Waals surface area contributed by atoms with Crippen molar-refractivity contribution in [1.82, 2.24) is 10.3 Å². The molecular formula is C19H22N4O2S. The zero-order valence-electron chi connectivity index (χ0n) is 14.8. The highest BCUT2D eigenvalue weighted by atomic mass is 32.1. The lowest BCUT2D eigenvalue weighted by Crippen LogP contribution is -2.39. The Balaban J connectivity index is 1.44. The van der Waals surface area contributed by atoms with Gasteiger partial charge in [-0.1, -0.05) is 18.2 Å². The van der Waals surface area contributed by atoms with Gasteiger partial charge in [-0.2, -0.15) is 0 Å². The van der Waals surface area contributed by atoms with Crippen LogP contribution >= 0.6 is 11.3 Å². The second-order valence-electron chi connectivity index (χ2n) is 6.80. The minimum absolute atomic E-state index is 0.0335. The monoisotopic (exact) mass is 370 g/mol. The van der Waals surface area contributed by atoms with Gasteiger partial charge in [-0.05, 0) is 24.5 Å². The Kier molecular flexibility index (Phi) is 4.63. The molecule has 1 atom stereocenters. The molecule has 0 spiro atoms. The van der Waals surface area contributed by atoms with Crippen LogP contribution in [0.2, 0.25) is 0 Å². The molecule has 2 aliphatic rings. The van der Waals surface area contributed by atoms with Crippen molar-refractivity contribution in [3.05, 3.63) is 40.9 Å². The summed E-state index contributed by atoms with van der Waals surface area (Å²) in [6.45, 7) is 2.52. The summed E-state index contributed by atoms with van der Waals surface area (Å²) < 4.78 is 0. The Morgan fingerprint density at radius 3 is 2.88 bits per heavy atom. The van der Waals surface area contributed by atoms with E-state index in [0.717, 1.165) is 35.2 Å². The second-order valence-corrected chi connectivity index (χ2v) is 7.64. The Labute approximate surface area is 156 Å². The number of amides is 2. The average molecular weight is 370 g/mol. The Morgan fingerprint density at radius 2 is 2.08 bits per heavy atom. The van der Waals surface area contributed by atoms with E-state index in [0.29, 0.717) is 6.54 Å². The van der Waals surface area contributed by atoms with Crippen molar-refractivity contribution in [3.63, 3.8) is 0 Å². The van der Waals surface area contributed by atoms with Crippen molar-refractivity contribution in [2.75, 3.05) is 29.9 Å². The predicted octanol–water partition coefficient (Wildman–Crippen LogP) is 2.51. The first-order chi connectivity index (χ1) is 12.6. The number of benzene rings is 1. The zero-order valence-corrected chi connectivity index (χ0v) is 15.6. The van der Waals surface area contributed by atoms with Crippen LogP contribution in [-0.4, -0.2) is 36.9 Å².